The number of hydrogen-bond acceptors (Lipinski definition) is 0. The SMILES string of the molecule is CCCCCCCCCCCCCC[n+]1ccn(CCCC)c1C(C)C. The Kier molecular flexibility index (Phi) is 13.7. The third kappa shape index (κ3) is 9.78. The minimum atomic E-state index is 0.610. The van der Waals surface area contributed by atoms with Crippen LogP contribution >= 0.6 is 0 Å². The molecule has 0 aromatic carbocycles. The summed E-state index contributed by atoms with van der Waals surface area (Å²) in [6.07, 6.45) is 24.3. The first kappa shape index (κ1) is 23.2. The van der Waals surface area contributed by atoms with Gasteiger partial charge in [-0.1, -0.05) is 98.3 Å². The molecule has 0 unspecified atom stereocenters. The van der Waals surface area contributed by atoms with E-state index in [1.54, 1.807) is 0 Å². The van der Waals surface area contributed by atoms with Crippen molar-refractivity contribution in [3.05, 3.63) is 18.2 Å². The highest BCUT2D eigenvalue weighted by molar-refractivity contribution is 4.89. The van der Waals surface area contributed by atoms with Crippen molar-refractivity contribution in [3.8, 4) is 0 Å². The maximum absolute atomic E-state index is 2.51. The Hall–Kier alpha value is -0.790. The molecule has 0 amide bonds. The molecule has 26 heavy (non-hydrogen) atoms. The summed E-state index contributed by atoms with van der Waals surface area (Å²) in [4.78, 5) is 0. The van der Waals surface area contributed by atoms with Crippen LogP contribution in [0.5, 0.6) is 0 Å². The van der Waals surface area contributed by atoms with Gasteiger partial charge in [-0.2, -0.15) is 0 Å². The number of unbranched alkanes of at least 4 members (excludes halogenated alkanes) is 12. The topological polar surface area (TPSA) is 8.81 Å². The van der Waals surface area contributed by atoms with Crippen LogP contribution in [-0.2, 0) is 13.1 Å². The first-order valence-corrected chi connectivity index (χ1v) is 11.8. The number of aromatic nitrogens is 2. The average Bonchev–Trinajstić information content (AvgIpc) is 3.04. The van der Waals surface area contributed by atoms with Crippen LogP contribution in [0.1, 0.15) is 129 Å². The molecule has 0 saturated carbocycles. The second kappa shape index (κ2) is 15.3. The second-order valence-corrected chi connectivity index (χ2v) is 8.44. The zero-order valence-corrected chi connectivity index (χ0v) is 18.4. The normalized spacial score (nSPS) is 11.6. The highest BCUT2D eigenvalue weighted by atomic mass is 15.1. The number of aryl methyl sites for hydroxylation is 2. The van der Waals surface area contributed by atoms with Crippen molar-refractivity contribution >= 4 is 0 Å². The Labute approximate surface area is 164 Å². The van der Waals surface area contributed by atoms with Crippen LogP contribution in [0.3, 0.4) is 0 Å². The zero-order chi connectivity index (χ0) is 19.0. The van der Waals surface area contributed by atoms with Gasteiger partial charge >= 0.3 is 0 Å². The quantitative estimate of drug-likeness (QED) is 0.201. The van der Waals surface area contributed by atoms with Crippen LogP contribution in [0.15, 0.2) is 12.4 Å². The van der Waals surface area contributed by atoms with Crippen molar-refractivity contribution in [2.45, 2.75) is 137 Å². The van der Waals surface area contributed by atoms with E-state index in [1.807, 2.05) is 0 Å². The van der Waals surface area contributed by atoms with E-state index in [0.717, 1.165) is 0 Å². The summed E-state index contributed by atoms with van der Waals surface area (Å²) < 4.78 is 4.99. The van der Waals surface area contributed by atoms with Crippen molar-refractivity contribution < 1.29 is 4.57 Å². The lowest BCUT2D eigenvalue weighted by atomic mass is 10.1. The Bertz CT molecular complexity index is 433. The molecule has 152 valence electrons. The molecule has 2 heteroatoms. The molecular weight excluding hydrogens is 316 g/mol. The molecule has 0 aliphatic rings. The van der Waals surface area contributed by atoms with E-state index in [-0.39, 0.29) is 0 Å². The molecule has 1 aromatic rings. The van der Waals surface area contributed by atoms with Gasteiger partial charge in [-0.05, 0) is 19.3 Å². The van der Waals surface area contributed by atoms with Crippen molar-refractivity contribution in [1.29, 1.82) is 0 Å². The minimum Gasteiger partial charge on any atom is -0.234 e. The van der Waals surface area contributed by atoms with Gasteiger partial charge in [0.1, 0.15) is 12.4 Å². The molecule has 0 atom stereocenters. The standard InChI is InChI=1S/C24H47N2/c1-5-7-9-10-11-12-13-14-15-16-17-18-20-26-22-21-25(19-8-6-2)24(26)23(3)4/h21-23H,5-20H2,1-4H3/q+1. The summed E-state index contributed by atoms with van der Waals surface area (Å²) >= 11 is 0. The Morgan fingerprint density at radius 1 is 0.731 bits per heavy atom. The van der Waals surface area contributed by atoms with Gasteiger partial charge in [0, 0.05) is 0 Å². The Balaban J connectivity index is 2.10. The fourth-order valence-corrected chi connectivity index (χ4v) is 3.97. The third-order valence-electron chi connectivity index (χ3n) is 5.54. The van der Waals surface area contributed by atoms with Crippen LogP contribution in [0.2, 0.25) is 0 Å². The Morgan fingerprint density at radius 2 is 1.23 bits per heavy atom. The van der Waals surface area contributed by atoms with Crippen LogP contribution in [0, 0.1) is 0 Å². The predicted octanol–water partition coefficient (Wildman–Crippen LogP) is 7.40. The lowest BCUT2D eigenvalue weighted by Crippen LogP contribution is -2.38. The molecule has 0 aliphatic carbocycles. The summed E-state index contributed by atoms with van der Waals surface area (Å²) in [6.45, 7) is 11.6. The molecule has 0 bridgehead atoms. The van der Waals surface area contributed by atoms with E-state index >= 15 is 0 Å². The van der Waals surface area contributed by atoms with E-state index in [2.05, 4.69) is 49.2 Å². The smallest absolute Gasteiger partial charge is 0.234 e. The van der Waals surface area contributed by atoms with Gasteiger partial charge in [-0.25, -0.2) is 9.13 Å². The van der Waals surface area contributed by atoms with E-state index in [0.29, 0.717) is 5.92 Å². The van der Waals surface area contributed by atoms with E-state index in [1.165, 1.54) is 109 Å². The molecule has 0 saturated heterocycles. The molecule has 0 fully saturated rings. The second-order valence-electron chi connectivity index (χ2n) is 8.44. The van der Waals surface area contributed by atoms with E-state index < -0.39 is 0 Å². The maximum Gasteiger partial charge on any atom is 0.258 e. The molecule has 1 rings (SSSR count). The van der Waals surface area contributed by atoms with Crippen molar-refractivity contribution in [2.24, 2.45) is 0 Å². The summed E-state index contributed by atoms with van der Waals surface area (Å²) in [5.74, 6) is 2.13. The fourth-order valence-electron chi connectivity index (χ4n) is 3.97. The number of imidazole rings is 1. The molecule has 0 radical (unpaired) electrons. The van der Waals surface area contributed by atoms with Gasteiger partial charge in [0.05, 0.1) is 19.0 Å². The fraction of sp³-hybridized carbons (Fsp3) is 0.875. The molecule has 0 spiro atoms. The van der Waals surface area contributed by atoms with Gasteiger partial charge in [0.2, 0.25) is 0 Å². The van der Waals surface area contributed by atoms with E-state index in [4.69, 9.17) is 0 Å². The first-order valence-electron chi connectivity index (χ1n) is 11.8. The van der Waals surface area contributed by atoms with Gasteiger partial charge < -0.3 is 0 Å². The van der Waals surface area contributed by atoms with Gasteiger partial charge in [0.15, 0.2) is 0 Å². The molecule has 2 nitrogen and oxygen atoms in total. The highest BCUT2D eigenvalue weighted by Crippen LogP contribution is 2.14. The maximum atomic E-state index is 2.51. The van der Waals surface area contributed by atoms with Crippen molar-refractivity contribution in [2.75, 3.05) is 0 Å². The largest absolute Gasteiger partial charge is 0.258 e. The van der Waals surface area contributed by atoms with Gasteiger partial charge in [-0.3, -0.25) is 0 Å². The predicted molar refractivity (Wildman–Crippen MR) is 115 cm³/mol. The summed E-state index contributed by atoms with van der Waals surface area (Å²) in [7, 11) is 0. The monoisotopic (exact) mass is 363 g/mol. The van der Waals surface area contributed by atoms with E-state index in [9.17, 15) is 0 Å². The third-order valence-corrected chi connectivity index (χ3v) is 5.54. The molecular formula is C24H47N2+. The summed E-state index contributed by atoms with van der Waals surface area (Å²) in [5.41, 5.74) is 0. The van der Waals surface area contributed by atoms with Crippen molar-refractivity contribution in [3.63, 3.8) is 0 Å². The number of hydrogen-bond donors (Lipinski definition) is 0. The summed E-state index contributed by atoms with van der Waals surface area (Å²) in [6, 6.07) is 0. The number of rotatable bonds is 17. The van der Waals surface area contributed by atoms with Gasteiger partial charge in [0.25, 0.3) is 5.82 Å². The zero-order valence-electron chi connectivity index (χ0n) is 18.4. The lowest BCUT2D eigenvalue weighted by Gasteiger charge is -2.08. The van der Waals surface area contributed by atoms with Crippen LogP contribution in [-0.4, -0.2) is 4.57 Å². The highest BCUT2D eigenvalue weighted by Gasteiger charge is 2.19. The van der Waals surface area contributed by atoms with Crippen molar-refractivity contribution in [1.82, 2.24) is 4.57 Å². The van der Waals surface area contributed by atoms with Crippen LogP contribution in [0.4, 0.5) is 0 Å². The minimum absolute atomic E-state index is 0.610. The average molecular weight is 364 g/mol. The van der Waals surface area contributed by atoms with Crippen LogP contribution in [0.25, 0.3) is 0 Å². The summed E-state index contributed by atoms with van der Waals surface area (Å²) in [5, 5.41) is 0. The van der Waals surface area contributed by atoms with Crippen LogP contribution < -0.4 is 4.57 Å². The van der Waals surface area contributed by atoms with Gasteiger partial charge in [-0.15, -0.1) is 0 Å². The Morgan fingerprint density at radius 3 is 1.73 bits per heavy atom. The first-order chi connectivity index (χ1) is 12.7. The number of nitrogens with zero attached hydrogens (tertiary/aromatic N) is 2. The molecule has 1 heterocycles. The molecule has 0 N–H and O–H groups in total. The molecule has 0 aliphatic heterocycles. The molecule has 1 aromatic heterocycles. The lowest BCUT2D eigenvalue weighted by molar-refractivity contribution is -0.705.